The van der Waals surface area contributed by atoms with E-state index in [9.17, 15) is 0 Å². The predicted octanol–water partition coefficient (Wildman–Crippen LogP) is -0.374. The van der Waals surface area contributed by atoms with Crippen molar-refractivity contribution in [3.63, 3.8) is 0 Å². The molecule has 66 valence electrons. The molecule has 0 aromatic carbocycles. The van der Waals surface area contributed by atoms with Gasteiger partial charge in [-0.2, -0.15) is 0 Å². The van der Waals surface area contributed by atoms with E-state index >= 15 is 0 Å². The maximum atomic E-state index is 5.91. The predicted molar refractivity (Wildman–Crippen MR) is 47.5 cm³/mol. The smallest absolute Gasteiger partial charge is 0.0361 e. The van der Waals surface area contributed by atoms with Crippen molar-refractivity contribution in [3.8, 4) is 0 Å². The summed E-state index contributed by atoms with van der Waals surface area (Å²) in [4.78, 5) is 2.27. The van der Waals surface area contributed by atoms with Crippen LogP contribution in [0.25, 0.3) is 0 Å². The number of likely N-dealkylation sites (N-methyl/N-ethyl adjacent to an activating group) is 1. The second-order valence-electron chi connectivity index (χ2n) is 3.81. The third-order valence-corrected chi connectivity index (χ3v) is 2.10. The van der Waals surface area contributed by atoms with Crippen molar-refractivity contribution in [1.82, 2.24) is 10.2 Å². The Morgan fingerprint density at radius 1 is 1.45 bits per heavy atom. The van der Waals surface area contributed by atoms with Gasteiger partial charge in [-0.05, 0) is 7.05 Å². The van der Waals surface area contributed by atoms with Gasteiger partial charge in [0.25, 0.3) is 0 Å². The van der Waals surface area contributed by atoms with Gasteiger partial charge < -0.3 is 16.0 Å². The van der Waals surface area contributed by atoms with Crippen LogP contribution in [0.4, 0.5) is 0 Å². The maximum Gasteiger partial charge on any atom is 0.0361 e. The lowest BCUT2D eigenvalue weighted by Crippen LogP contribution is -2.46. The molecule has 0 aliphatic carbocycles. The van der Waals surface area contributed by atoms with E-state index in [1.54, 1.807) is 0 Å². The first-order valence-electron chi connectivity index (χ1n) is 4.29. The molecule has 0 saturated carbocycles. The standard InChI is InChI=1S/C8H19N3/c1-6(2)10-8-5-11(3)4-7(8)9/h6-8,10H,4-5,9H2,1-3H3/t7-,8-/m1/s1. The SMILES string of the molecule is CC(C)N[C@@H]1CN(C)C[C@H]1N. The molecule has 0 aromatic heterocycles. The molecular weight excluding hydrogens is 138 g/mol. The quantitative estimate of drug-likeness (QED) is 0.574. The molecule has 1 fully saturated rings. The fourth-order valence-corrected chi connectivity index (χ4v) is 1.64. The molecule has 1 rings (SSSR count). The van der Waals surface area contributed by atoms with Crippen LogP contribution in [0.3, 0.4) is 0 Å². The van der Waals surface area contributed by atoms with Gasteiger partial charge in [0.2, 0.25) is 0 Å². The molecule has 11 heavy (non-hydrogen) atoms. The number of nitrogens with zero attached hydrogens (tertiary/aromatic N) is 1. The third-order valence-electron chi connectivity index (χ3n) is 2.10. The first-order valence-corrected chi connectivity index (χ1v) is 4.29. The lowest BCUT2D eigenvalue weighted by molar-refractivity contribution is 0.389. The summed E-state index contributed by atoms with van der Waals surface area (Å²) in [7, 11) is 2.11. The van der Waals surface area contributed by atoms with Gasteiger partial charge in [-0.15, -0.1) is 0 Å². The van der Waals surface area contributed by atoms with Crippen LogP contribution in [0.1, 0.15) is 13.8 Å². The zero-order valence-corrected chi connectivity index (χ0v) is 7.67. The highest BCUT2D eigenvalue weighted by molar-refractivity contribution is 4.91. The molecular formula is C8H19N3. The minimum absolute atomic E-state index is 0.308. The van der Waals surface area contributed by atoms with E-state index in [2.05, 4.69) is 31.1 Å². The average molecular weight is 157 g/mol. The maximum absolute atomic E-state index is 5.91. The average Bonchev–Trinajstić information content (AvgIpc) is 2.09. The lowest BCUT2D eigenvalue weighted by Gasteiger charge is -2.18. The van der Waals surface area contributed by atoms with Gasteiger partial charge in [0.15, 0.2) is 0 Å². The van der Waals surface area contributed by atoms with Crippen molar-refractivity contribution in [2.45, 2.75) is 32.0 Å². The van der Waals surface area contributed by atoms with Crippen LogP contribution < -0.4 is 11.1 Å². The Labute approximate surface area is 68.9 Å². The molecule has 0 radical (unpaired) electrons. The van der Waals surface area contributed by atoms with Crippen molar-refractivity contribution in [2.24, 2.45) is 5.73 Å². The molecule has 3 N–H and O–H groups in total. The summed E-state index contributed by atoms with van der Waals surface area (Å²) in [6.07, 6.45) is 0. The number of nitrogens with one attached hydrogen (secondary N) is 1. The Hall–Kier alpha value is -0.120. The van der Waals surface area contributed by atoms with E-state index < -0.39 is 0 Å². The Morgan fingerprint density at radius 2 is 2.09 bits per heavy atom. The zero-order valence-electron chi connectivity index (χ0n) is 7.67. The second kappa shape index (κ2) is 3.52. The van der Waals surface area contributed by atoms with Crippen molar-refractivity contribution in [2.75, 3.05) is 20.1 Å². The van der Waals surface area contributed by atoms with Crippen molar-refractivity contribution in [1.29, 1.82) is 0 Å². The van der Waals surface area contributed by atoms with Crippen LogP contribution in [0.2, 0.25) is 0 Å². The topological polar surface area (TPSA) is 41.3 Å². The Morgan fingerprint density at radius 3 is 2.45 bits per heavy atom. The molecule has 0 spiro atoms. The summed E-state index contributed by atoms with van der Waals surface area (Å²) in [6, 6.07) is 1.33. The van der Waals surface area contributed by atoms with Gasteiger partial charge in [0.05, 0.1) is 0 Å². The second-order valence-corrected chi connectivity index (χ2v) is 3.81. The highest BCUT2D eigenvalue weighted by atomic mass is 15.2. The number of likely N-dealkylation sites (tertiary alicyclic amines) is 1. The minimum atomic E-state index is 0.308. The van der Waals surface area contributed by atoms with Crippen LogP contribution in [0.5, 0.6) is 0 Å². The van der Waals surface area contributed by atoms with Gasteiger partial charge in [-0.25, -0.2) is 0 Å². The van der Waals surface area contributed by atoms with E-state index in [1.165, 1.54) is 0 Å². The van der Waals surface area contributed by atoms with E-state index in [4.69, 9.17) is 5.73 Å². The number of nitrogens with two attached hydrogens (primary N) is 1. The molecule has 0 aromatic rings. The molecule has 0 bridgehead atoms. The summed E-state index contributed by atoms with van der Waals surface area (Å²) in [5, 5.41) is 3.46. The van der Waals surface area contributed by atoms with Crippen molar-refractivity contribution in [3.05, 3.63) is 0 Å². The summed E-state index contributed by atoms with van der Waals surface area (Å²) in [6.45, 7) is 6.42. The Balaban J connectivity index is 2.34. The van der Waals surface area contributed by atoms with Gasteiger partial charge in [-0.1, -0.05) is 13.8 Å². The fraction of sp³-hybridized carbons (Fsp3) is 1.00. The minimum Gasteiger partial charge on any atom is -0.325 e. The first kappa shape index (κ1) is 8.97. The zero-order chi connectivity index (χ0) is 8.43. The summed E-state index contributed by atoms with van der Waals surface area (Å²) < 4.78 is 0. The van der Waals surface area contributed by atoms with Crippen molar-refractivity contribution >= 4 is 0 Å². The number of hydrogen-bond acceptors (Lipinski definition) is 3. The van der Waals surface area contributed by atoms with Crippen LogP contribution in [-0.2, 0) is 0 Å². The molecule has 1 aliphatic rings. The van der Waals surface area contributed by atoms with E-state index in [-0.39, 0.29) is 0 Å². The molecule has 3 heteroatoms. The van der Waals surface area contributed by atoms with E-state index in [0.717, 1.165) is 13.1 Å². The van der Waals surface area contributed by atoms with Crippen LogP contribution in [0.15, 0.2) is 0 Å². The van der Waals surface area contributed by atoms with Gasteiger partial charge in [-0.3, -0.25) is 0 Å². The van der Waals surface area contributed by atoms with Crippen molar-refractivity contribution < 1.29 is 0 Å². The number of hydrogen-bond donors (Lipinski definition) is 2. The molecule has 0 unspecified atom stereocenters. The first-order chi connectivity index (χ1) is 5.09. The molecule has 1 saturated heterocycles. The van der Waals surface area contributed by atoms with Crippen LogP contribution in [-0.4, -0.2) is 43.2 Å². The normalized spacial score (nSPS) is 33.5. The van der Waals surface area contributed by atoms with E-state index in [0.29, 0.717) is 18.1 Å². The summed E-state index contributed by atoms with van der Waals surface area (Å²) in [5.41, 5.74) is 5.91. The Kier molecular flexibility index (Phi) is 2.87. The summed E-state index contributed by atoms with van der Waals surface area (Å²) >= 11 is 0. The van der Waals surface area contributed by atoms with E-state index in [1.807, 2.05) is 0 Å². The highest BCUT2D eigenvalue weighted by Crippen LogP contribution is 2.05. The summed E-state index contributed by atoms with van der Waals surface area (Å²) in [5.74, 6) is 0. The molecule has 2 atom stereocenters. The van der Waals surface area contributed by atoms with Gasteiger partial charge >= 0.3 is 0 Å². The largest absolute Gasteiger partial charge is 0.325 e. The lowest BCUT2D eigenvalue weighted by atomic mass is 10.1. The van der Waals surface area contributed by atoms with Gasteiger partial charge in [0.1, 0.15) is 0 Å². The molecule has 1 aliphatic heterocycles. The monoisotopic (exact) mass is 157 g/mol. The van der Waals surface area contributed by atoms with Crippen LogP contribution >= 0.6 is 0 Å². The third kappa shape index (κ3) is 2.43. The molecule has 3 nitrogen and oxygen atoms in total. The number of rotatable bonds is 2. The molecule has 1 heterocycles. The fourth-order valence-electron chi connectivity index (χ4n) is 1.64. The highest BCUT2D eigenvalue weighted by Gasteiger charge is 2.27. The Bertz CT molecular complexity index is 125. The van der Waals surface area contributed by atoms with Gasteiger partial charge in [0, 0.05) is 31.2 Å². The van der Waals surface area contributed by atoms with Crippen LogP contribution in [0, 0.1) is 0 Å². The molecule has 0 amide bonds.